The second-order valence-electron chi connectivity index (χ2n) is 16.3. The number of esters is 2. The Balaban J connectivity index is 1.03. The third kappa shape index (κ3) is 13.7. The summed E-state index contributed by atoms with van der Waals surface area (Å²) in [5.74, 6) is -1.95. The first kappa shape index (κ1) is 51.9. The lowest BCUT2D eigenvalue weighted by Gasteiger charge is -2.32. The molecule has 0 N–H and O–H groups in total. The predicted molar refractivity (Wildman–Crippen MR) is 268 cm³/mol. The van der Waals surface area contributed by atoms with Crippen LogP contribution in [0.5, 0.6) is 11.5 Å². The lowest BCUT2D eigenvalue weighted by molar-refractivity contribution is -0.131. The molecule has 16 heteroatoms. The molecule has 7 rings (SSSR count). The molecule has 0 heterocycles. The number of hydrogen-bond donors (Lipinski definition) is 0. The van der Waals surface area contributed by atoms with Crippen LogP contribution < -0.4 is 9.47 Å². The van der Waals surface area contributed by atoms with Crippen LogP contribution in [0.3, 0.4) is 0 Å². The molecular formula is C54H54O13P2S. The van der Waals surface area contributed by atoms with Gasteiger partial charge in [0.1, 0.15) is 11.5 Å². The maximum absolute atomic E-state index is 15.5. The fraction of sp³-hybridized carbons (Fsp3) is 0.259. The zero-order valence-corrected chi connectivity index (χ0v) is 41.5. The van der Waals surface area contributed by atoms with Gasteiger partial charge >= 0.3 is 27.1 Å². The van der Waals surface area contributed by atoms with Crippen molar-refractivity contribution in [2.75, 3.05) is 25.2 Å². The third-order valence-electron chi connectivity index (χ3n) is 11.2. The third-order valence-corrected chi connectivity index (χ3v) is 18.3. The zero-order chi connectivity index (χ0) is 49.4. The second kappa shape index (κ2) is 25.3. The van der Waals surface area contributed by atoms with Crippen molar-refractivity contribution in [3.8, 4) is 11.5 Å². The Bertz CT molecular complexity index is 2630. The van der Waals surface area contributed by atoms with E-state index in [4.69, 9.17) is 32.3 Å². The van der Waals surface area contributed by atoms with E-state index in [0.29, 0.717) is 12.2 Å². The van der Waals surface area contributed by atoms with E-state index in [1.165, 1.54) is 37.1 Å². The molecule has 6 aromatic rings. The van der Waals surface area contributed by atoms with Gasteiger partial charge in [0.05, 0.1) is 56.8 Å². The fourth-order valence-electron chi connectivity index (χ4n) is 7.60. The summed E-state index contributed by atoms with van der Waals surface area (Å²) < 4.78 is 72.5. The SMILES string of the molecule is COC(=O)c1cc(OC(C)=O)c2c(c1)C(=O)c1cccc(OCCCCCCSCC(P(=O)(OCc3ccccc3)OCc3ccccc3)P(=O)(OCc3ccccc3)OCc3ccccc3)c1C2=O. The molecule has 1 aliphatic carbocycles. The molecule has 0 saturated heterocycles. The molecule has 0 spiro atoms. The maximum Gasteiger partial charge on any atom is 0.347 e. The van der Waals surface area contributed by atoms with Gasteiger partial charge in [-0.1, -0.05) is 146 Å². The standard InChI is InChI=1S/C54H54O13P2S/c1-39(55)67-48-33-44(54(58)61-2)32-46-51(48)53(57)50-45(52(46)56)28-19-29-47(50)62-30-17-3-4-18-31-70-38-49(68(59,63-34-40-20-9-5-10-21-40)64-35-41-22-11-6-12-23-41)69(60,65-36-42-24-13-7-14-25-42)66-37-43-26-15-8-16-27-43/h5-16,19-29,32-33,49H,3-4,17-18,30-31,34-38H2,1-2H3. The number of unbranched alkanes of at least 4 members (excludes halogenated alkanes) is 3. The number of benzene rings is 6. The van der Waals surface area contributed by atoms with Crippen LogP contribution in [0.2, 0.25) is 0 Å². The number of ether oxygens (including phenoxy) is 3. The van der Waals surface area contributed by atoms with Crippen LogP contribution in [-0.2, 0) is 63.2 Å². The van der Waals surface area contributed by atoms with Crippen molar-refractivity contribution in [1.29, 1.82) is 0 Å². The number of ketones is 2. The van der Waals surface area contributed by atoms with Gasteiger partial charge in [0.25, 0.3) is 0 Å². The van der Waals surface area contributed by atoms with Crippen LogP contribution in [-0.4, -0.2) is 54.1 Å². The second-order valence-corrected chi connectivity index (χ2v) is 22.2. The summed E-state index contributed by atoms with van der Waals surface area (Å²) >= 11 is 1.46. The van der Waals surface area contributed by atoms with E-state index in [9.17, 15) is 19.2 Å². The number of thioether (sulfide) groups is 1. The minimum absolute atomic E-state index is 0.0424. The summed E-state index contributed by atoms with van der Waals surface area (Å²) in [4.78, 5) is 52.2. The molecule has 1 aliphatic rings. The number of carbonyl (C=O) groups excluding carboxylic acids is 4. The molecule has 6 aromatic carbocycles. The Labute approximate surface area is 412 Å². The Morgan fingerprint density at radius 2 is 1.01 bits per heavy atom. The highest BCUT2D eigenvalue weighted by molar-refractivity contribution is 8.00. The Kier molecular flexibility index (Phi) is 18.7. The molecule has 0 aromatic heterocycles. The molecule has 364 valence electrons. The Hall–Kier alpha value is -5.95. The highest BCUT2D eigenvalue weighted by atomic mass is 32.2. The van der Waals surface area contributed by atoms with Crippen molar-refractivity contribution in [2.24, 2.45) is 0 Å². The minimum Gasteiger partial charge on any atom is -0.493 e. The van der Waals surface area contributed by atoms with Crippen molar-refractivity contribution in [2.45, 2.75) is 64.4 Å². The summed E-state index contributed by atoms with van der Waals surface area (Å²) in [6, 6.07) is 44.4. The van der Waals surface area contributed by atoms with Gasteiger partial charge in [-0.2, -0.15) is 11.8 Å². The van der Waals surface area contributed by atoms with Gasteiger partial charge < -0.3 is 32.3 Å². The molecule has 0 fully saturated rings. The van der Waals surface area contributed by atoms with Gasteiger partial charge in [0.15, 0.2) is 11.2 Å². The first-order valence-corrected chi connectivity index (χ1v) is 27.2. The van der Waals surface area contributed by atoms with Crippen LogP contribution in [0.25, 0.3) is 0 Å². The number of hydrogen-bond acceptors (Lipinski definition) is 14. The quantitative estimate of drug-likeness (QED) is 0.0217. The predicted octanol–water partition coefficient (Wildman–Crippen LogP) is 12.4. The Morgan fingerprint density at radius 1 is 0.543 bits per heavy atom. The molecule has 0 unspecified atom stereocenters. The van der Waals surface area contributed by atoms with Crippen LogP contribution >= 0.6 is 27.0 Å². The van der Waals surface area contributed by atoms with Gasteiger partial charge in [-0.05, 0) is 59.0 Å². The first-order valence-electron chi connectivity index (χ1n) is 22.8. The van der Waals surface area contributed by atoms with Crippen molar-refractivity contribution in [1.82, 2.24) is 0 Å². The van der Waals surface area contributed by atoms with Crippen LogP contribution in [0.4, 0.5) is 0 Å². The molecule has 13 nitrogen and oxygen atoms in total. The molecule has 0 aliphatic heterocycles. The number of carbonyl (C=O) groups is 4. The van der Waals surface area contributed by atoms with Gasteiger partial charge in [-0.3, -0.25) is 23.5 Å². The van der Waals surface area contributed by atoms with Gasteiger partial charge in [0, 0.05) is 23.8 Å². The van der Waals surface area contributed by atoms with Crippen LogP contribution in [0.1, 0.15) is 97.1 Å². The van der Waals surface area contributed by atoms with Crippen LogP contribution in [0.15, 0.2) is 152 Å². The lowest BCUT2D eigenvalue weighted by Crippen LogP contribution is -2.24. The lowest BCUT2D eigenvalue weighted by atomic mass is 9.82. The first-order chi connectivity index (χ1) is 34.0. The number of rotatable bonds is 26. The van der Waals surface area contributed by atoms with Crippen molar-refractivity contribution >= 4 is 50.5 Å². The van der Waals surface area contributed by atoms with Crippen molar-refractivity contribution in [3.05, 3.63) is 202 Å². The maximum atomic E-state index is 15.5. The summed E-state index contributed by atoms with van der Waals surface area (Å²) in [5.41, 5.74) is 2.90. The highest BCUT2D eigenvalue weighted by Gasteiger charge is 2.51. The normalized spacial score (nSPS) is 12.3. The highest BCUT2D eigenvalue weighted by Crippen LogP contribution is 2.72. The molecule has 0 amide bonds. The van der Waals surface area contributed by atoms with E-state index in [1.54, 1.807) is 12.1 Å². The molecule has 0 saturated carbocycles. The minimum atomic E-state index is -4.31. The van der Waals surface area contributed by atoms with E-state index in [-0.39, 0.29) is 78.1 Å². The summed E-state index contributed by atoms with van der Waals surface area (Å²) in [6.45, 7) is 1.13. The molecule has 0 radical (unpaired) electrons. The zero-order valence-electron chi connectivity index (χ0n) is 38.9. The van der Waals surface area contributed by atoms with Crippen LogP contribution in [0, 0.1) is 0 Å². The van der Waals surface area contributed by atoms with Gasteiger partial charge in [-0.15, -0.1) is 0 Å². The number of methoxy groups -OCH3 is 1. The molecular weight excluding hydrogens is 951 g/mol. The molecule has 0 bridgehead atoms. The molecule has 0 atom stereocenters. The monoisotopic (exact) mass is 1000 g/mol. The van der Waals surface area contributed by atoms with E-state index >= 15 is 9.13 Å². The summed E-state index contributed by atoms with van der Waals surface area (Å²) in [6.07, 6.45) is 2.89. The topological polar surface area (TPSA) is 167 Å². The van der Waals surface area contributed by atoms with E-state index in [1.807, 2.05) is 121 Å². The average Bonchev–Trinajstić information content (AvgIpc) is 3.39. The molecule has 70 heavy (non-hydrogen) atoms. The summed E-state index contributed by atoms with van der Waals surface area (Å²) in [5, 5.41) is -1.31. The smallest absolute Gasteiger partial charge is 0.347 e. The van der Waals surface area contributed by atoms with Gasteiger partial charge in [0.2, 0.25) is 5.78 Å². The Morgan fingerprint density at radius 3 is 1.49 bits per heavy atom. The van der Waals surface area contributed by atoms with Gasteiger partial charge in [-0.25, -0.2) is 4.79 Å². The summed E-state index contributed by atoms with van der Waals surface area (Å²) in [7, 11) is -7.45. The van der Waals surface area contributed by atoms with E-state index < -0.39 is 44.1 Å². The number of fused-ring (bicyclic) bond motifs is 2. The fourth-order valence-corrected chi connectivity index (χ4v) is 14.8. The largest absolute Gasteiger partial charge is 0.493 e. The van der Waals surface area contributed by atoms with Crippen molar-refractivity contribution < 1.29 is 60.6 Å². The van der Waals surface area contributed by atoms with Crippen molar-refractivity contribution in [3.63, 3.8) is 0 Å². The van der Waals surface area contributed by atoms with E-state index in [2.05, 4.69) is 0 Å². The average molecular weight is 1010 g/mol. The van der Waals surface area contributed by atoms with E-state index in [0.717, 1.165) is 48.4 Å².